The lowest BCUT2D eigenvalue weighted by atomic mass is 10.3. The van der Waals surface area contributed by atoms with Gasteiger partial charge in [-0.2, -0.15) is 5.10 Å². The van der Waals surface area contributed by atoms with Crippen molar-refractivity contribution in [3.8, 4) is 11.6 Å². The lowest BCUT2D eigenvalue weighted by Gasteiger charge is -2.06. The van der Waals surface area contributed by atoms with Gasteiger partial charge in [-0.3, -0.25) is 0 Å². The molecule has 0 saturated carbocycles. The van der Waals surface area contributed by atoms with E-state index in [0.29, 0.717) is 6.07 Å². The van der Waals surface area contributed by atoms with Crippen LogP contribution in [0.15, 0.2) is 16.5 Å². The van der Waals surface area contributed by atoms with Crippen molar-refractivity contribution in [2.24, 2.45) is 0 Å². The van der Waals surface area contributed by atoms with Gasteiger partial charge in [0.15, 0.2) is 11.3 Å². The third-order valence-electron chi connectivity index (χ3n) is 2.67. The summed E-state index contributed by atoms with van der Waals surface area (Å²) in [5, 5.41) is 11.1. The molecule has 0 bridgehead atoms. The summed E-state index contributed by atoms with van der Waals surface area (Å²) in [5.74, 6) is 0.259. The molecule has 0 atom stereocenters. The van der Waals surface area contributed by atoms with Gasteiger partial charge in [0.2, 0.25) is 5.89 Å². The van der Waals surface area contributed by atoms with Gasteiger partial charge in [-0.1, -0.05) is 0 Å². The molecule has 0 N–H and O–H groups in total. The van der Waals surface area contributed by atoms with Crippen LogP contribution in [0.25, 0.3) is 17.2 Å². The number of nitrogens with zero attached hydrogens (tertiary/aromatic N) is 5. The molecular weight excluding hydrogens is 294 g/mol. The molecule has 0 aliphatic heterocycles. The molecular formula is C11H7F4N5O. The van der Waals surface area contributed by atoms with Crippen LogP contribution in [0, 0.1) is 6.92 Å². The average Bonchev–Trinajstić information content (AvgIpc) is 3.02. The van der Waals surface area contributed by atoms with E-state index >= 15 is 0 Å². The van der Waals surface area contributed by atoms with Crippen molar-refractivity contribution >= 4 is 5.65 Å². The van der Waals surface area contributed by atoms with Gasteiger partial charge in [0.1, 0.15) is 11.4 Å². The number of alkyl halides is 4. The molecule has 0 radical (unpaired) electrons. The van der Waals surface area contributed by atoms with Gasteiger partial charge in [-0.15, -0.1) is 10.2 Å². The SMILES string of the molecule is Cc1nnc(-c2cc3nc(C(F)F)cc(C(F)F)n3n2)o1. The Hall–Kier alpha value is -2.52. The topological polar surface area (TPSA) is 69.1 Å². The molecule has 0 aliphatic rings. The highest BCUT2D eigenvalue weighted by Crippen LogP contribution is 2.27. The molecule has 110 valence electrons. The fourth-order valence-electron chi connectivity index (χ4n) is 1.79. The lowest BCUT2D eigenvalue weighted by molar-refractivity contribution is 0.135. The smallest absolute Gasteiger partial charge is 0.280 e. The van der Waals surface area contributed by atoms with E-state index in [1.807, 2.05) is 0 Å². The van der Waals surface area contributed by atoms with Crippen molar-refractivity contribution < 1.29 is 22.0 Å². The zero-order chi connectivity index (χ0) is 15.1. The third-order valence-corrected chi connectivity index (χ3v) is 2.67. The minimum Gasteiger partial charge on any atom is -0.420 e. The highest BCUT2D eigenvalue weighted by molar-refractivity contribution is 5.56. The highest BCUT2D eigenvalue weighted by atomic mass is 19.3. The summed E-state index contributed by atoms with van der Waals surface area (Å²) in [6, 6.07) is 1.85. The highest BCUT2D eigenvalue weighted by Gasteiger charge is 2.21. The van der Waals surface area contributed by atoms with Gasteiger partial charge in [0.25, 0.3) is 18.7 Å². The van der Waals surface area contributed by atoms with E-state index in [9.17, 15) is 17.6 Å². The molecule has 3 heterocycles. The van der Waals surface area contributed by atoms with Crippen LogP contribution in [0.2, 0.25) is 0 Å². The maximum atomic E-state index is 13.0. The largest absolute Gasteiger partial charge is 0.420 e. The summed E-state index contributed by atoms with van der Waals surface area (Å²) in [6.45, 7) is 1.55. The number of rotatable bonds is 3. The Bertz CT molecular complexity index is 797. The molecule has 3 aromatic rings. The van der Waals surface area contributed by atoms with E-state index in [-0.39, 0.29) is 23.1 Å². The summed E-state index contributed by atoms with van der Waals surface area (Å²) in [5.41, 5.74) is -1.49. The Morgan fingerprint density at radius 1 is 1.10 bits per heavy atom. The molecule has 0 unspecified atom stereocenters. The van der Waals surface area contributed by atoms with Gasteiger partial charge in [-0.05, 0) is 6.07 Å². The van der Waals surface area contributed by atoms with Crippen molar-refractivity contribution in [1.29, 1.82) is 0 Å². The Kier molecular flexibility index (Phi) is 3.07. The molecule has 0 amide bonds. The van der Waals surface area contributed by atoms with Crippen molar-refractivity contribution in [2.45, 2.75) is 19.8 Å². The van der Waals surface area contributed by atoms with Crippen LogP contribution in [0.3, 0.4) is 0 Å². The maximum absolute atomic E-state index is 13.0. The first kappa shape index (κ1) is 13.5. The van der Waals surface area contributed by atoms with Crippen LogP contribution in [-0.4, -0.2) is 24.8 Å². The summed E-state index contributed by atoms with van der Waals surface area (Å²) in [6.07, 6.45) is -5.94. The first-order valence-electron chi connectivity index (χ1n) is 5.73. The number of hydrogen-bond acceptors (Lipinski definition) is 5. The molecule has 6 nitrogen and oxygen atoms in total. The average molecular weight is 301 g/mol. The molecule has 3 rings (SSSR count). The number of hydrogen-bond donors (Lipinski definition) is 0. The molecule has 0 fully saturated rings. The second kappa shape index (κ2) is 4.79. The maximum Gasteiger partial charge on any atom is 0.280 e. The predicted octanol–water partition coefficient (Wildman–Crippen LogP) is 2.96. The minimum atomic E-state index is -2.98. The van der Waals surface area contributed by atoms with E-state index in [1.54, 1.807) is 6.92 Å². The Labute approximate surface area is 114 Å². The molecule has 0 saturated heterocycles. The number of aromatic nitrogens is 5. The van der Waals surface area contributed by atoms with Crippen molar-refractivity contribution in [3.63, 3.8) is 0 Å². The van der Waals surface area contributed by atoms with Gasteiger partial charge < -0.3 is 4.42 Å². The molecule has 3 aromatic heterocycles. The van der Waals surface area contributed by atoms with Gasteiger partial charge in [0, 0.05) is 13.0 Å². The molecule has 21 heavy (non-hydrogen) atoms. The lowest BCUT2D eigenvalue weighted by Crippen LogP contribution is -2.04. The van der Waals surface area contributed by atoms with Gasteiger partial charge in [-0.25, -0.2) is 27.1 Å². The summed E-state index contributed by atoms with van der Waals surface area (Å²) >= 11 is 0. The summed E-state index contributed by atoms with van der Waals surface area (Å²) in [7, 11) is 0. The van der Waals surface area contributed by atoms with Crippen LogP contribution in [-0.2, 0) is 0 Å². The quantitative estimate of drug-likeness (QED) is 0.696. The first-order chi connectivity index (χ1) is 9.95. The monoisotopic (exact) mass is 301 g/mol. The fraction of sp³-hybridized carbons (Fsp3) is 0.273. The normalized spacial score (nSPS) is 12.0. The molecule has 0 aromatic carbocycles. The predicted molar refractivity (Wildman–Crippen MR) is 60.9 cm³/mol. The number of fused-ring (bicyclic) bond motifs is 1. The van der Waals surface area contributed by atoms with Crippen LogP contribution in [0.5, 0.6) is 0 Å². The second-order valence-corrected chi connectivity index (χ2v) is 4.13. The molecule has 10 heteroatoms. The molecule has 0 aliphatic carbocycles. The van der Waals surface area contributed by atoms with Gasteiger partial charge in [0.05, 0.1) is 0 Å². The Morgan fingerprint density at radius 3 is 2.43 bits per heavy atom. The summed E-state index contributed by atoms with van der Waals surface area (Å²) < 4.78 is 57.2. The van der Waals surface area contributed by atoms with E-state index < -0.39 is 24.2 Å². The second-order valence-electron chi connectivity index (χ2n) is 4.13. The zero-order valence-electron chi connectivity index (χ0n) is 10.5. The van der Waals surface area contributed by atoms with E-state index in [2.05, 4.69) is 20.3 Å². The van der Waals surface area contributed by atoms with E-state index in [1.165, 1.54) is 6.07 Å². The third kappa shape index (κ3) is 2.32. The number of halogens is 4. The zero-order valence-corrected chi connectivity index (χ0v) is 10.5. The van der Waals surface area contributed by atoms with Crippen LogP contribution >= 0.6 is 0 Å². The van der Waals surface area contributed by atoms with Crippen molar-refractivity contribution in [2.75, 3.05) is 0 Å². The fourth-order valence-corrected chi connectivity index (χ4v) is 1.79. The minimum absolute atomic E-state index is 0.00295. The van der Waals surface area contributed by atoms with Crippen LogP contribution in [0.4, 0.5) is 17.6 Å². The van der Waals surface area contributed by atoms with Crippen molar-refractivity contribution in [1.82, 2.24) is 24.8 Å². The van der Waals surface area contributed by atoms with Crippen LogP contribution in [0.1, 0.15) is 30.1 Å². The number of aryl methyl sites for hydroxylation is 1. The van der Waals surface area contributed by atoms with Crippen molar-refractivity contribution in [3.05, 3.63) is 29.4 Å². The standard InChI is InChI=1S/C11H7F4N5O/c1-4-17-18-11(21-4)6-3-8-16-5(9(12)13)2-7(10(14)15)20(8)19-6/h2-3,9-10H,1H3. The first-order valence-corrected chi connectivity index (χ1v) is 5.73. The van der Waals surface area contributed by atoms with Crippen LogP contribution < -0.4 is 0 Å². The van der Waals surface area contributed by atoms with E-state index in [4.69, 9.17) is 4.42 Å². The molecule has 0 spiro atoms. The Morgan fingerprint density at radius 2 is 1.86 bits per heavy atom. The van der Waals surface area contributed by atoms with E-state index in [0.717, 1.165) is 4.52 Å². The van der Waals surface area contributed by atoms with Gasteiger partial charge >= 0.3 is 0 Å². The Balaban J connectivity index is 2.22. The summed E-state index contributed by atoms with van der Waals surface area (Å²) in [4.78, 5) is 3.60.